The first-order valence-corrected chi connectivity index (χ1v) is 6.29. The molecule has 1 aromatic rings. The first-order valence-electron chi connectivity index (χ1n) is 5.41. The van der Waals surface area contributed by atoms with E-state index in [1.54, 1.807) is 18.4 Å². The molecule has 0 fully saturated rings. The number of rotatable bonds is 5. The third-order valence-electron chi connectivity index (χ3n) is 2.37. The summed E-state index contributed by atoms with van der Waals surface area (Å²) in [4.78, 5) is 22.7. The highest BCUT2D eigenvalue weighted by atomic mass is 32.1. The maximum atomic E-state index is 12.2. The third-order valence-corrected chi connectivity index (χ3v) is 3.33. The number of nitrogens with one attached hydrogen (secondary N) is 1. The normalized spacial score (nSPS) is 13.1. The number of carbonyl (C=O) groups is 2. The summed E-state index contributed by atoms with van der Waals surface area (Å²) < 4.78 is 36.6. The summed E-state index contributed by atoms with van der Waals surface area (Å²) in [6.45, 7) is 1.79. The lowest BCUT2D eigenvalue weighted by molar-refractivity contribution is -0.157. The highest BCUT2D eigenvalue weighted by Crippen LogP contribution is 2.23. The molecule has 0 aliphatic carbocycles. The van der Waals surface area contributed by atoms with Crippen LogP contribution in [0, 0.1) is 0 Å². The molecule has 0 aliphatic heterocycles. The van der Waals surface area contributed by atoms with Gasteiger partial charge in [-0.05, 0) is 23.4 Å². The number of halogens is 3. The highest BCUT2D eigenvalue weighted by Gasteiger charge is 2.36. The Morgan fingerprint density at radius 3 is 2.58 bits per heavy atom. The summed E-state index contributed by atoms with van der Waals surface area (Å²) >= 11 is 1.07. The largest absolute Gasteiger partial charge is 0.480 e. The standard InChI is InChI=1S/C11H12F3NO3S/c1-2-6-3-4-19-8(6)9(16)15-7(10(17)18)5-11(12,13)14/h3-4,7H,2,5H2,1H3,(H,15,16)(H,17,18). The molecule has 19 heavy (non-hydrogen) atoms. The summed E-state index contributed by atoms with van der Waals surface area (Å²) in [7, 11) is 0. The van der Waals surface area contributed by atoms with Crippen LogP contribution in [0.15, 0.2) is 11.4 Å². The van der Waals surface area contributed by atoms with E-state index in [1.807, 2.05) is 5.32 Å². The van der Waals surface area contributed by atoms with Crippen LogP contribution in [0.3, 0.4) is 0 Å². The smallest absolute Gasteiger partial charge is 0.391 e. The second-order valence-corrected chi connectivity index (χ2v) is 4.73. The first-order chi connectivity index (χ1) is 8.74. The molecule has 1 unspecified atom stereocenters. The molecule has 0 radical (unpaired) electrons. The van der Waals surface area contributed by atoms with Crippen molar-refractivity contribution in [3.05, 3.63) is 21.9 Å². The van der Waals surface area contributed by atoms with Crippen LogP contribution in [0.5, 0.6) is 0 Å². The van der Waals surface area contributed by atoms with Crippen molar-refractivity contribution in [2.45, 2.75) is 32.0 Å². The lowest BCUT2D eigenvalue weighted by atomic mass is 10.1. The maximum Gasteiger partial charge on any atom is 0.391 e. The van der Waals surface area contributed by atoms with E-state index in [-0.39, 0.29) is 4.88 Å². The molecule has 0 spiro atoms. The maximum absolute atomic E-state index is 12.2. The van der Waals surface area contributed by atoms with Crippen molar-refractivity contribution in [3.63, 3.8) is 0 Å². The molecule has 1 heterocycles. The number of aliphatic carboxylic acids is 1. The van der Waals surface area contributed by atoms with E-state index in [2.05, 4.69) is 0 Å². The predicted octanol–water partition coefficient (Wildman–Crippen LogP) is 2.45. The van der Waals surface area contributed by atoms with Crippen LogP contribution in [0.1, 0.15) is 28.6 Å². The van der Waals surface area contributed by atoms with Crippen LogP contribution in [0.4, 0.5) is 13.2 Å². The second-order valence-electron chi connectivity index (χ2n) is 3.81. The lowest BCUT2D eigenvalue weighted by Gasteiger charge is -2.16. The summed E-state index contributed by atoms with van der Waals surface area (Å²) in [5.74, 6) is -2.50. The number of carbonyl (C=O) groups excluding carboxylic acids is 1. The van der Waals surface area contributed by atoms with Crippen LogP contribution in [-0.4, -0.2) is 29.2 Å². The number of amides is 1. The van der Waals surface area contributed by atoms with Gasteiger partial charge in [0.05, 0.1) is 11.3 Å². The van der Waals surface area contributed by atoms with Gasteiger partial charge in [-0.1, -0.05) is 6.92 Å². The molecule has 0 aromatic carbocycles. The molecule has 8 heteroatoms. The zero-order valence-electron chi connectivity index (χ0n) is 9.95. The van der Waals surface area contributed by atoms with Crippen LogP contribution in [0.2, 0.25) is 0 Å². The Balaban J connectivity index is 2.80. The second kappa shape index (κ2) is 6.05. The van der Waals surface area contributed by atoms with Crippen molar-refractivity contribution in [1.82, 2.24) is 5.32 Å². The topological polar surface area (TPSA) is 66.4 Å². The number of carboxylic acids is 1. The number of aryl methyl sites for hydroxylation is 1. The molecule has 2 N–H and O–H groups in total. The number of hydrogen-bond acceptors (Lipinski definition) is 3. The van der Waals surface area contributed by atoms with Gasteiger partial charge in [-0.3, -0.25) is 4.79 Å². The Kier molecular flexibility index (Phi) is 4.93. The lowest BCUT2D eigenvalue weighted by Crippen LogP contribution is -2.43. The Morgan fingerprint density at radius 2 is 2.11 bits per heavy atom. The van der Waals surface area contributed by atoms with E-state index in [4.69, 9.17) is 5.11 Å². The molecule has 1 rings (SSSR count). The monoisotopic (exact) mass is 295 g/mol. The Labute approximate surface area is 111 Å². The van der Waals surface area contributed by atoms with E-state index >= 15 is 0 Å². The van der Waals surface area contributed by atoms with Gasteiger partial charge in [0.2, 0.25) is 0 Å². The van der Waals surface area contributed by atoms with Crippen LogP contribution in [-0.2, 0) is 11.2 Å². The number of alkyl halides is 3. The third kappa shape index (κ3) is 4.55. The fourth-order valence-corrected chi connectivity index (χ4v) is 2.37. The van der Waals surface area contributed by atoms with Gasteiger partial charge in [-0.25, -0.2) is 4.79 Å². The van der Waals surface area contributed by atoms with Crippen LogP contribution < -0.4 is 5.32 Å². The van der Waals surface area contributed by atoms with Gasteiger partial charge >= 0.3 is 12.1 Å². The molecule has 4 nitrogen and oxygen atoms in total. The molecular weight excluding hydrogens is 283 g/mol. The Hall–Kier alpha value is -1.57. The van der Waals surface area contributed by atoms with Crippen LogP contribution >= 0.6 is 11.3 Å². The first kappa shape index (κ1) is 15.5. The fraction of sp³-hybridized carbons (Fsp3) is 0.455. The molecule has 1 atom stereocenters. The minimum Gasteiger partial charge on any atom is -0.480 e. The molecule has 1 aromatic heterocycles. The average molecular weight is 295 g/mol. The average Bonchev–Trinajstić information content (AvgIpc) is 2.73. The fourth-order valence-electron chi connectivity index (χ4n) is 1.47. The number of hydrogen-bond donors (Lipinski definition) is 2. The van der Waals surface area contributed by atoms with Crippen LogP contribution in [0.25, 0.3) is 0 Å². The molecule has 0 saturated carbocycles. The molecular formula is C11H12F3NO3S. The summed E-state index contributed by atoms with van der Waals surface area (Å²) in [6.07, 6.45) is -5.70. The van der Waals surface area contributed by atoms with Gasteiger partial charge in [-0.15, -0.1) is 11.3 Å². The predicted molar refractivity (Wildman–Crippen MR) is 63.3 cm³/mol. The van der Waals surface area contributed by atoms with Gasteiger partial charge in [0, 0.05) is 0 Å². The van der Waals surface area contributed by atoms with Crippen molar-refractivity contribution < 1.29 is 27.9 Å². The summed E-state index contributed by atoms with van der Waals surface area (Å²) in [6, 6.07) is -0.293. The van der Waals surface area contributed by atoms with Crippen molar-refractivity contribution in [3.8, 4) is 0 Å². The van der Waals surface area contributed by atoms with E-state index in [0.717, 1.165) is 11.3 Å². The highest BCUT2D eigenvalue weighted by molar-refractivity contribution is 7.12. The van der Waals surface area contributed by atoms with Crippen molar-refractivity contribution in [1.29, 1.82) is 0 Å². The van der Waals surface area contributed by atoms with Gasteiger partial charge < -0.3 is 10.4 Å². The van der Waals surface area contributed by atoms with Crippen molar-refractivity contribution >= 4 is 23.2 Å². The van der Waals surface area contributed by atoms with Gasteiger partial charge in [0.15, 0.2) is 0 Å². The summed E-state index contributed by atoms with van der Waals surface area (Å²) in [5.41, 5.74) is 0.679. The molecule has 106 valence electrons. The minimum absolute atomic E-state index is 0.246. The molecule has 0 bridgehead atoms. The Morgan fingerprint density at radius 1 is 1.47 bits per heavy atom. The van der Waals surface area contributed by atoms with E-state index in [1.165, 1.54) is 0 Å². The molecule has 1 amide bonds. The van der Waals surface area contributed by atoms with Gasteiger partial charge in [-0.2, -0.15) is 13.2 Å². The Bertz CT molecular complexity index is 470. The minimum atomic E-state index is -4.65. The van der Waals surface area contributed by atoms with Gasteiger partial charge in [0.25, 0.3) is 5.91 Å². The van der Waals surface area contributed by atoms with E-state index in [0.29, 0.717) is 12.0 Å². The summed E-state index contributed by atoms with van der Waals surface area (Å²) in [5, 5.41) is 12.2. The number of thiophene rings is 1. The van der Waals surface area contributed by atoms with Crippen molar-refractivity contribution in [2.24, 2.45) is 0 Å². The van der Waals surface area contributed by atoms with E-state index in [9.17, 15) is 22.8 Å². The van der Waals surface area contributed by atoms with Gasteiger partial charge in [0.1, 0.15) is 6.04 Å². The van der Waals surface area contributed by atoms with E-state index < -0.39 is 30.5 Å². The zero-order valence-corrected chi connectivity index (χ0v) is 10.8. The SMILES string of the molecule is CCc1ccsc1C(=O)NC(CC(F)(F)F)C(=O)O. The zero-order chi connectivity index (χ0) is 14.6. The molecule has 0 aliphatic rings. The quantitative estimate of drug-likeness (QED) is 0.877. The number of carboxylic acid groups (broad SMARTS) is 1. The molecule has 0 saturated heterocycles. The van der Waals surface area contributed by atoms with Crippen molar-refractivity contribution in [2.75, 3.05) is 0 Å².